The average molecular weight is 179 g/mol. The van der Waals surface area contributed by atoms with E-state index in [0.717, 1.165) is 18.7 Å². The lowest BCUT2D eigenvalue weighted by atomic mass is 10.3. The number of amides is 1. The van der Waals surface area contributed by atoms with Gasteiger partial charge in [-0.25, -0.2) is 4.39 Å². The van der Waals surface area contributed by atoms with E-state index in [4.69, 9.17) is 0 Å². The Balaban J connectivity index is 2.25. The molecule has 13 heavy (non-hydrogen) atoms. The summed E-state index contributed by atoms with van der Waals surface area (Å²) in [5.74, 6) is -0.137. The van der Waals surface area contributed by atoms with E-state index in [1.807, 2.05) is 0 Å². The Hall–Kier alpha value is -1.38. The molecule has 1 fully saturated rings. The molecule has 1 heterocycles. The molecule has 3 heteroatoms. The van der Waals surface area contributed by atoms with Crippen LogP contribution < -0.4 is 4.90 Å². The maximum Gasteiger partial charge on any atom is 0.227 e. The van der Waals surface area contributed by atoms with Crippen LogP contribution >= 0.6 is 0 Å². The van der Waals surface area contributed by atoms with E-state index in [1.54, 1.807) is 17.0 Å². The first-order valence-corrected chi connectivity index (χ1v) is 4.33. The van der Waals surface area contributed by atoms with Crippen LogP contribution in [0.25, 0.3) is 0 Å². The molecule has 1 amide bonds. The van der Waals surface area contributed by atoms with Crippen molar-refractivity contribution in [2.24, 2.45) is 0 Å². The summed E-state index contributed by atoms with van der Waals surface area (Å²) in [6.45, 7) is 0.754. The van der Waals surface area contributed by atoms with Crippen molar-refractivity contribution in [1.29, 1.82) is 0 Å². The third-order valence-electron chi connectivity index (χ3n) is 2.21. The summed E-state index contributed by atoms with van der Waals surface area (Å²) in [6, 6.07) is 6.03. The van der Waals surface area contributed by atoms with E-state index in [0.29, 0.717) is 6.42 Å². The number of hydrogen-bond acceptors (Lipinski definition) is 1. The molecule has 2 nitrogen and oxygen atoms in total. The Labute approximate surface area is 76.0 Å². The van der Waals surface area contributed by atoms with Crippen LogP contribution in [-0.4, -0.2) is 12.5 Å². The minimum Gasteiger partial charge on any atom is -0.312 e. The number of nitrogens with zero attached hydrogens (tertiary/aromatic N) is 1. The highest BCUT2D eigenvalue weighted by atomic mass is 19.1. The normalized spacial score (nSPS) is 16.7. The molecule has 0 spiro atoms. The Morgan fingerprint density at radius 3 is 2.46 bits per heavy atom. The van der Waals surface area contributed by atoms with Gasteiger partial charge >= 0.3 is 0 Å². The molecule has 2 rings (SSSR count). The Morgan fingerprint density at radius 2 is 1.92 bits per heavy atom. The first-order valence-electron chi connectivity index (χ1n) is 4.33. The van der Waals surface area contributed by atoms with Crippen LogP contribution in [0.1, 0.15) is 12.8 Å². The molecule has 1 aromatic rings. The van der Waals surface area contributed by atoms with Gasteiger partial charge in [0.15, 0.2) is 0 Å². The van der Waals surface area contributed by atoms with Crippen LogP contribution in [0.5, 0.6) is 0 Å². The molecule has 1 aromatic carbocycles. The molecule has 0 radical (unpaired) electrons. The van der Waals surface area contributed by atoms with Crippen molar-refractivity contribution in [1.82, 2.24) is 0 Å². The number of halogens is 1. The monoisotopic (exact) mass is 179 g/mol. The molecular formula is C10H10FNO. The van der Waals surface area contributed by atoms with Crippen molar-refractivity contribution in [2.75, 3.05) is 11.4 Å². The minimum atomic E-state index is -0.268. The third-order valence-corrected chi connectivity index (χ3v) is 2.21. The number of hydrogen-bond donors (Lipinski definition) is 0. The molecule has 1 aliphatic rings. The maximum absolute atomic E-state index is 12.6. The summed E-state index contributed by atoms with van der Waals surface area (Å²) in [6.07, 6.45) is 1.51. The molecule has 0 atom stereocenters. The Kier molecular flexibility index (Phi) is 2.00. The van der Waals surface area contributed by atoms with Crippen LogP contribution in [0, 0.1) is 5.82 Å². The lowest BCUT2D eigenvalue weighted by molar-refractivity contribution is -0.117. The van der Waals surface area contributed by atoms with E-state index in [-0.39, 0.29) is 11.7 Å². The number of anilines is 1. The van der Waals surface area contributed by atoms with Crippen LogP contribution in [0.2, 0.25) is 0 Å². The number of carbonyl (C=O) groups excluding carboxylic acids is 1. The quantitative estimate of drug-likeness (QED) is 0.645. The second-order valence-electron chi connectivity index (χ2n) is 3.13. The standard InChI is InChI=1S/C10H10FNO/c11-8-3-5-9(6-4-8)12-7-1-2-10(12)13/h3-6H,1-2,7H2. The van der Waals surface area contributed by atoms with Gasteiger partial charge in [0, 0.05) is 18.7 Å². The molecule has 0 unspecified atom stereocenters. The van der Waals surface area contributed by atoms with E-state index >= 15 is 0 Å². The first kappa shape index (κ1) is 8.23. The fourth-order valence-corrected chi connectivity index (χ4v) is 1.54. The number of carbonyl (C=O) groups is 1. The van der Waals surface area contributed by atoms with Gasteiger partial charge in [-0.2, -0.15) is 0 Å². The Bertz CT molecular complexity index is 320. The minimum absolute atomic E-state index is 0.131. The van der Waals surface area contributed by atoms with Crippen molar-refractivity contribution in [3.63, 3.8) is 0 Å². The van der Waals surface area contributed by atoms with E-state index in [2.05, 4.69) is 0 Å². The van der Waals surface area contributed by atoms with Gasteiger partial charge in [0.1, 0.15) is 5.82 Å². The summed E-state index contributed by atoms with van der Waals surface area (Å²) < 4.78 is 12.6. The summed E-state index contributed by atoms with van der Waals surface area (Å²) in [4.78, 5) is 13.0. The topological polar surface area (TPSA) is 20.3 Å². The molecule has 0 aromatic heterocycles. The Morgan fingerprint density at radius 1 is 1.23 bits per heavy atom. The smallest absolute Gasteiger partial charge is 0.227 e. The van der Waals surface area contributed by atoms with Gasteiger partial charge in [0.25, 0.3) is 0 Å². The number of benzene rings is 1. The van der Waals surface area contributed by atoms with Gasteiger partial charge in [-0.15, -0.1) is 0 Å². The second kappa shape index (κ2) is 3.17. The fourth-order valence-electron chi connectivity index (χ4n) is 1.54. The van der Waals surface area contributed by atoms with E-state index in [1.165, 1.54) is 12.1 Å². The molecular weight excluding hydrogens is 169 g/mol. The second-order valence-corrected chi connectivity index (χ2v) is 3.13. The lowest BCUT2D eigenvalue weighted by Gasteiger charge is -2.14. The van der Waals surface area contributed by atoms with Crippen LogP contribution in [0.4, 0.5) is 10.1 Å². The van der Waals surface area contributed by atoms with Crippen molar-refractivity contribution in [3.8, 4) is 0 Å². The summed E-state index contributed by atoms with van der Waals surface area (Å²) in [7, 11) is 0. The van der Waals surface area contributed by atoms with Gasteiger partial charge in [-0.3, -0.25) is 4.79 Å². The fraction of sp³-hybridized carbons (Fsp3) is 0.300. The van der Waals surface area contributed by atoms with Crippen molar-refractivity contribution in [2.45, 2.75) is 12.8 Å². The van der Waals surface area contributed by atoms with E-state index < -0.39 is 0 Å². The molecule has 0 aliphatic carbocycles. The highest BCUT2D eigenvalue weighted by Gasteiger charge is 2.21. The maximum atomic E-state index is 12.6. The zero-order valence-corrected chi connectivity index (χ0v) is 7.16. The summed E-state index contributed by atoms with van der Waals surface area (Å²) >= 11 is 0. The highest BCUT2D eigenvalue weighted by molar-refractivity contribution is 5.95. The average Bonchev–Trinajstić information content (AvgIpc) is 2.53. The summed E-state index contributed by atoms with van der Waals surface area (Å²) in [5.41, 5.74) is 0.795. The lowest BCUT2D eigenvalue weighted by Crippen LogP contribution is -2.23. The first-order chi connectivity index (χ1) is 6.27. The highest BCUT2D eigenvalue weighted by Crippen LogP contribution is 2.20. The molecule has 1 saturated heterocycles. The van der Waals surface area contributed by atoms with Crippen LogP contribution in [-0.2, 0) is 4.79 Å². The predicted molar refractivity (Wildman–Crippen MR) is 48.0 cm³/mol. The SMILES string of the molecule is O=C1CCCN1c1ccc(F)cc1. The van der Waals surface area contributed by atoms with Gasteiger partial charge in [0.05, 0.1) is 0 Å². The van der Waals surface area contributed by atoms with Crippen LogP contribution in [0.3, 0.4) is 0 Å². The summed E-state index contributed by atoms with van der Waals surface area (Å²) in [5, 5.41) is 0. The zero-order chi connectivity index (χ0) is 9.26. The number of rotatable bonds is 1. The molecule has 0 bridgehead atoms. The van der Waals surface area contributed by atoms with Gasteiger partial charge in [-0.1, -0.05) is 0 Å². The molecule has 1 aliphatic heterocycles. The zero-order valence-electron chi connectivity index (χ0n) is 7.16. The van der Waals surface area contributed by atoms with Gasteiger partial charge < -0.3 is 4.90 Å². The predicted octanol–water partition coefficient (Wildman–Crippen LogP) is 1.95. The third kappa shape index (κ3) is 1.54. The van der Waals surface area contributed by atoms with Gasteiger partial charge in [-0.05, 0) is 30.7 Å². The molecule has 68 valence electrons. The van der Waals surface area contributed by atoms with Crippen molar-refractivity contribution < 1.29 is 9.18 Å². The van der Waals surface area contributed by atoms with Crippen LogP contribution in [0.15, 0.2) is 24.3 Å². The van der Waals surface area contributed by atoms with Crippen molar-refractivity contribution in [3.05, 3.63) is 30.1 Å². The molecule has 0 saturated carbocycles. The largest absolute Gasteiger partial charge is 0.312 e. The van der Waals surface area contributed by atoms with Gasteiger partial charge in [0.2, 0.25) is 5.91 Å². The van der Waals surface area contributed by atoms with Crippen molar-refractivity contribution >= 4 is 11.6 Å². The molecule has 0 N–H and O–H groups in total. The van der Waals surface area contributed by atoms with E-state index in [9.17, 15) is 9.18 Å².